The maximum atomic E-state index is 13.9. The number of furan rings is 1. The molecule has 5 aromatic rings. The van der Waals surface area contributed by atoms with Gasteiger partial charge < -0.3 is 37.9 Å². The topological polar surface area (TPSA) is 98.3 Å². The summed E-state index contributed by atoms with van der Waals surface area (Å²) in [6.45, 7) is 6.63. The molecule has 11 heteroatoms. The third kappa shape index (κ3) is 6.55. The summed E-state index contributed by atoms with van der Waals surface area (Å²) >= 11 is 0. The molecule has 11 nitrogen and oxygen atoms in total. The van der Waals surface area contributed by atoms with Crippen molar-refractivity contribution in [1.29, 1.82) is 0 Å². The van der Waals surface area contributed by atoms with Gasteiger partial charge in [0.15, 0.2) is 11.5 Å². The average molecular weight is 665 g/mol. The number of hydrogen-bond donors (Lipinski definition) is 0. The Bertz CT molecular complexity index is 1850. The van der Waals surface area contributed by atoms with Crippen LogP contribution in [0, 0.1) is 0 Å². The lowest BCUT2D eigenvalue weighted by Gasteiger charge is -2.33. The molecule has 3 aromatic heterocycles. The van der Waals surface area contributed by atoms with Gasteiger partial charge in [0.2, 0.25) is 11.7 Å². The summed E-state index contributed by atoms with van der Waals surface area (Å²) in [4.78, 5) is 30.3. The van der Waals surface area contributed by atoms with Gasteiger partial charge in [-0.3, -0.25) is 9.78 Å². The van der Waals surface area contributed by atoms with Crippen molar-refractivity contribution in [3.8, 4) is 17.2 Å². The Morgan fingerprint density at radius 2 is 1.69 bits per heavy atom. The van der Waals surface area contributed by atoms with E-state index in [9.17, 15) is 4.79 Å². The second-order valence-electron chi connectivity index (χ2n) is 12.9. The number of rotatable bonds is 11. The number of anilines is 1. The van der Waals surface area contributed by atoms with Crippen molar-refractivity contribution >= 4 is 22.9 Å². The molecule has 2 aliphatic heterocycles. The molecular formula is C38H44N6O5. The largest absolute Gasteiger partial charge is 0.493 e. The van der Waals surface area contributed by atoms with E-state index in [1.165, 1.54) is 5.56 Å². The number of ether oxygens (including phenoxy) is 3. The third-order valence-corrected chi connectivity index (χ3v) is 10.2. The molecule has 5 heterocycles. The Morgan fingerprint density at radius 1 is 0.898 bits per heavy atom. The first-order valence-corrected chi connectivity index (χ1v) is 17.0. The zero-order valence-corrected chi connectivity index (χ0v) is 28.5. The fourth-order valence-electron chi connectivity index (χ4n) is 7.51. The number of hydrogen-bond acceptors (Lipinski definition) is 9. The molecule has 1 unspecified atom stereocenters. The molecular weight excluding hydrogens is 620 g/mol. The van der Waals surface area contributed by atoms with Crippen LogP contribution >= 0.6 is 0 Å². The van der Waals surface area contributed by atoms with Gasteiger partial charge in [0.05, 0.1) is 45.2 Å². The Balaban J connectivity index is 1.07. The first kappa shape index (κ1) is 32.5. The Morgan fingerprint density at radius 3 is 2.43 bits per heavy atom. The van der Waals surface area contributed by atoms with E-state index >= 15 is 0 Å². The van der Waals surface area contributed by atoms with Gasteiger partial charge in [0.25, 0.3) is 5.91 Å². The Labute approximate surface area is 287 Å². The number of fused-ring (bicyclic) bond motifs is 1. The van der Waals surface area contributed by atoms with Crippen LogP contribution in [0.3, 0.4) is 0 Å². The van der Waals surface area contributed by atoms with Crippen LogP contribution in [-0.2, 0) is 12.0 Å². The first-order valence-electron chi connectivity index (χ1n) is 17.0. The number of imidazole rings is 1. The summed E-state index contributed by atoms with van der Waals surface area (Å²) in [6, 6.07) is 20.0. The van der Waals surface area contributed by atoms with Crippen LogP contribution in [0.2, 0.25) is 0 Å². The van der Waals surface area contributed by atoms with Crippen LogP contribution in [0.15, 0.2) is 83.7 Å². The van der Waals surface area contributed by atoms with Gasteiger partial charge in [-0.05, 0) is 86.4 Å². The van der Waals surface area contributed by atoms with Crippen LogP contribution in [0.5, 0.6) is 17.2 Å². The Hall–Kier alpha value is -5.03. The average Bonchev–Trinajstić information content (AvgIpc) is 3.87. The monoisotopic (exact) mass is 664 g/mol. The van der Waals surface area contributed by atoms with Gasteiger partial charge in [-0.1, -0.05) is 12.1 Å². The van der Waals surface area contributed by atoms with Gasteiger partial charge in [0.1, 0.15) is 5.76 Å². The van der Waals surface area contributed by atoms with Crippen molar-refractivity contribution in [3.05, 3.63) is 96.2 Å². The maximum absolute atomic E-state index is 13.9. The summed E-state index contributed by atoms with van der Waals surface area (Å²) in [6.07, 6.45) is 8.30. The number of methoxy groups -OCH3 is 3. The zero-order chi connectivity index (χ0) is 33.8. The fourth-order valence-corrected chi connectivity index (χ4v) is 7.51. The minimum Gasteiger partial charge on any atom is -0.493 e. The number of pyridine rings is 1. The van der Waals surface area contributed by atoms with E-state index in [0.29, 0.717) is 42.4 Å². The standard InChI is InChI=1S/C38H44N6O5/c1-46-33-24-28(25-34(47-2)35(33)48-3)36(45)43-20-14-38(27-43,29-11-15-39-16-12-29)13-19-41-17-7-18-42(22-21-41)37-40-31-9-4-5-10-32(31)44(37)26-30-8-6-23-49-30/h4-6,8-12,15-16,23-25H,7,13-14,17-22,26-27H2,1-3H3. The second kappa shape index (κ2) is 14.2. The maximum Gasteiger partial charge on any atom is 0.254 e. The number of likely N-dealkylation sites (tertiary alicyclic amines) is 1. The van der Waals surface area contributed by atoms with Gasteiger partial charge in [-0.2, -0.15) is 0 Å². The summed E-state index contributed by atoms with van der Waals surface area (Å²) in [5, 5.41) is 0. The highest BCUT2D eigenvalue weighted by molar-refractivity contribution is 5.96. The molecule has 256 valence electrons. The smallest absolute Gasteiger partial charge is 0.254 e. The van der Waals surface area contributed by atoms with Crippen molar-refractivity contribution in [2.24, 2.45) is 0 Å². The van der Waals surface area contributed by atoms with Crippen LogP contribution in [0.4, 0.5) is 5.95 Å². The lowest BCUT2D eigenvalue weighted by Crippen LogP contribution is -2.39. The van der Waals surface area contributed by atoms with E-state index in [-0.39, 0.29) is 11.3 Å². The molecule has 49 heavy (non-hydrogen) atoms. The molecule has 7 rings (SSSR count). The molecule has 0 spiro atoms. The van der Waals surface area contributed by atoms with Gasteiger partial charge in [0, 0.05) is 56.1 Å². The number of nitrogens with zero attached hydrogens (tertiary/aromatic N) is 6. The van der Waals surface area contributed by atoms with Crippen molar-refractivity contribution < 1.29 is 23.4 Å². The summed E-state index contributed by atoms with van der Waals surface area (Å²) in [5.74, 6) is 3.27. The second-order valence-corrected chi connectivity index (χ2v) is 12.9. The minimum atomic E-state index is -0.178. The van der Waals surface area contributed by atoms with Gasteiger partial charge >= 0.3 is 0 Å². The SMILES string of the molecule is COc1cc(C(=O)N2CCC(CCN3CCCN(c4nc5ccccc5n4Cc4ccco4)CC3)(c3ccncc3)C2)cc(OC)c1OC. The lowest BCUT2D eigenvalue weighted by molar-refractivity contribution is 0.0780. The van der Waals surface area contributed by atoms with E-state index in [2.05, 4.69) is 49.7 Å². The summed E-state index contributed by atoms with van der Waals surface area (Å²) < 4.78 is 24.6. The number of para-hydroxylation sites is 2. The van der Waals surface area contributed by atoms with Crippen molar-refractivity contribution in [2.75, 3.05) is 72.0 Å². The molecule has 0 N–H and O–H groups in total. The summed E-state index contributed by atoms with van der Waals surface area (Å²) in [5.41, 5.74) is 3.68. The number of benzene rings is 2. The highest BCUT2D eigenvalue weighted by atomic mass is 16.5. The lowest BCUT2D eigenvalue weighted by atomic mass is 9.77. The molecule has 2 aromatic carbocycles. The van der Waals surface area contributed by atoms with E-state index in [4.69, 9.17) is 23.6 Å². The molecule has 2 saturated heterocycles. The molecule has 0 radical (unpaired) electrons. The molecule has 2 fully saturated rings. The quantitative estimate of drug-likeness (QED) is 0.182. The normalized spacial score (nSPS) is 18.5. The predicted molar refractivity (Wildman–Crippen MR) is 188 cm³/mol. The molecule has 2 aliphatic rings. The Kier molecular flexibility index (Phi) is 9.43. The fraction of sp³-hybridized carbons (Fsp3) is 0.395. The number of aromatic nitrogens is 3. The van der Waals surface area contributed by atoms with Crippen molar-refractivity contribution in [3.63, 3.8) is 0 Å². The van der Waals surface area contributed by atoms with Crippen LogP contribution in [-0.4, -0.2) is 97.4 Å². The van der Waals surface area contributed by atoms with Crippen LogP contribution in [0.25, 0.3) is 11.0 Å². The molecule has 0 saturated carbocycles. The first-order chi connectivity index (χ1) is 24.0. The van der Waals surface area contributed by atoms with E-state index in [0.717, 1.165) is 74.7 Å². The van der Waals surface area contributed by atoms with E-state index < -0.39 is 0 Å². The third-order valence-electron chi connectivity index (χ3n) is 10.2. The highest BCUT2D eigenvalue weighted by Crippen LogP contribution is 2.41. The minimum absolute atomic E-state index is 0.0435. The van der Waals surface area contributed by atoms with Gasteiger partial charge in [-0.15, -0.1) is 0 Å². The summed E-state index contributed by atoms with van der Waals surface area (Å²) in [7, 11) is 4.69. The zero-order valence-electron chi connectivity index (χ0n) is 28.5. The van der Waals surface area contributed by atoms with Gasteiger partial charge in [-0.25, -0.2) is 4.98 Å². The molecule has 0 bridgehead atoms. The number of amides is 1. The molecule has 1 atom stereocenters. The highest BCUT2D eigenvalue weighted by Gasteiger charge is 2.42. The van der Waals surface area contributed by atoms with Crippen LogP contribution < -0.4 is 19.1 Å². The number of carbonyl (C=O) groups excluding carboxylic acids is 1. The molecule has 1 amide bonds. The molecule has 0 aliphatic carbocycles. The van der Waals surface area contributed by atoms with E-state index in [1.54, 1.807) is 39.7 Å². The number of carbonyl (C=O) groups is 1. The van der Waals surface area contributed by atoms with E-state index in [1.807, 2.05) is 35.5 Å². The van der Waals surface area contributed by atoms with Crippen molar-refractivity contribution in [2.45, 2.75) is 31.2 Å². The van der Waals surface area contributed by atoms with Crippen molar-refractivity contribution in [1.82, 2.24) is 24.3 Å². The predicted octanol–water partition coefficient (Wildman–Crippen LogP) is 5.48. The van der Waals surface area contributed by atoms with Crippen LogP contribution in [0.1, 0.15) is 40.9 Å².